The maximum absolute atomic E-state index is 12.9. The third-order valence-corrected chi connectivity index (χ3v) is 8.68. The molecule has 1 saturated carbocycles. The lowest BCUT2D eigenvalue weighted by Crippen LogP contribution is -2.52. The van der Waals surface area contributed by atoms with E-state index in [-0.39, 0.29) is 35.8 Å². The fourth-order valence-electron chi connectivity index (χ4n) is 5.15. The number of benzene rings is 2. The number of piperazine rings is 1. The summed E-state index contributed by atoms with van der Waals surface area (Å²) < 4.78 is 29.5. The first-order valence-electron chi connectivity index (χ1n) is 13.2. The van der Waals surface area contributed by atoms with Crippen molar-refractivity contribution < 1.29 is 32.6 Å². The van der Waals surface area contributed by atoms with Gasteiger partial charge in [0.15, 0.2) is 9.84 Å². The van der Waals surface area contributed by atoms with Gasteiger partial charge < -0.3 is 24.5 Å². The van der Waals surface area contributed by atoms with Crippen LogP contribution in [0.25, 0.3) is 0 Å². The van der Waals surface area contributed by atoms with E-state index >= 15 is 0 Å². The summed E-state index contributed by atoms with van der Waals surface area (Å²) >= 11 is 0. The predicted octanol–water partition coefficient (Wildman–Crippen LogP) is 2.68. The number of nitrogens with zero attached hydrogens (tertiary/aromatic N) is 3. The average molecular weight is 558 g/mol. The Labute approximate surface area is 229 Å². The molecule has 2 aromatic rings. The molecule has 0 bridgehead atoms. The molecule has 0 radical (unpaired) electrons. The minimum absolute atomic E-state index is 0.0233. The number of hydrogen-bond acceptors (Lipinski definition) is 7. The molecule has 0 spiro atoms. The number of rotatable bonds is 6. The zero-order valence-electron chi connectivity index (χ0n) is 22.1. The van der Waals surface area contributed by atoms with E-state index < -0.39 is 9.84 Å². The zero-order chi connectivity index (χ0) is 28.0. The lowest BCUT2D eigenvalue weighted by atomic mass is 9.90. The van der Waals surface area contributed by atoms with E-state index in [2.05, 4.69) is 4.90 Å². The van der Waals surface area contributed by atoms with E-state index in [1.165, 1.54) is 48.4 Å². The van der Waals surface area contributed by atoms with Crippen molar-refractivity contribution in [2.24, 2.45) is 0 Å². The summed E-state index contributed by atoms with van der Waals surface area (Å²) in [5.41, 5.74) is 1.15. The molecule has 2 heterocycles. The summed E-state index contributed by atoms with van der Waals surface area (Å²) in [6, 6.07) is 14.2. The number of amides is 2. The molecule has 2 aromatic carbocycles. The van der Waals surface area contributed by atoms with Gasteiger partial charge in [-0.3, -0.25) is 14.4 Å². The van der Waals surface area contributed by atoms with Crippen LogP contribution in [0.4, 0.5) is 5.69 Å². The number of anilines is 1. The van der Waals surface area contributed by atoms with Crippen LogP contribution in [0.5, 0.6) is 5.75 Å². The van der Waals surface area contributed by atoms with Gasteiger partial charge in [0.1, 0.15) is 18.4 Å². The Hall–Kier alpha value is -3.44. The number of hydrogen-bond donors (Lipinski definition) is 1. The molecule has 11 heteroatoms. The highest BCUT2D eigenvalue weighted by molar-refractivity contribution is 7.90. The SMILES string of the molecule is CS(=O)(=O)c1ccc(C(=O)N2CCN(c3ccc(OC4CCN(C5CCC5)CC4)cc3)C(=O)C2)cc1.O=CO. The molecule has 39 heavy (non-hydrogen) atoms. The van der Waals surface area contributed by atoms with Crippen molar-refractivity contribution in [3.8, 4) is 5.75 Å². The average Bonchev–Trinajstić information content (AvgIpc) is 2.89. The first kappa shape index (κ1) is 28.6. The number of sulfone groups is 1. The third kappa shape index (κ3) is 7.15. The fourth-order valence-corrected chi connectivity index (χ4v) is 5.79. The number of carboxylic acid groups (broad SMARTS) is 1. The van der Waals surface area contributed by atoms with Gasteiger partial charge in [0.2, 0.25) is 5.91 Å². The minimum atomic E-state index is -3.33. The Bertz CT molecular complexity index is 1250. The molecule has 5 rings (SSSR count). The Kier molecular flexibility index (Phi) is 9.24. The van der Waals surface area contributed by atoms with E-state index in [0.717, 1.165) is 49.7 Å². The van der Waals surface area contributed by atoms with Gasteiger partial charge in [0.05, 0.1) is 4.90 Å². The highest BCUT2D eigenvalue weighted by Crippen LogP contribution is 2.29. The summed E-state index contributed by atoms with van der Waals surface area (Å²) in [6.07, 6.45) is 7.49. The Morgan fingerprint density at radius 2 is 1.56 bits per heavy atom. The van der Waals surface area contributed by atoms with Crippen molar-refractivity contribution in [3.05, 3.63) is 54.1 Å². The van der Waals surface area contributed by atoms with Crippen molar-refractivity contribution in [1.82, 2.24) is 9.80 Å². The first-order chi connectivity index (χ1) is 18.7. The van der Waals surface area contributed by atoms with Gasteiger partial charge in [-0.1, -0.05) is 6.42 Å². The number of carbonyl (C=O) groups is 3. The van der Waals surface area contributed by atoms with Crippen LogP contribution in [0.2, 0.25) is 0 Å². The van der Waals surface area contributed by atoms with E-state index in [1.54, 1.807) is 4.90 Å². The lowest BCUT2D eigenvalue weighted by Gasteiger charge is -2.41. The topological polar surface area (TPSA) is 125 Å². The van der Waals surface area contributed by atoms with Gasteiger partial charge in [0.25, 0.3) is 12.4 Å². The standard InChI is InChI=1S/C27H33N3O5S.CH2O2/c1-36(33,34)25-11-5-20(6-12-25)27(32)29-17-18-30(26(31)19-29)22-7-9-23(10-8-22)35-24-13-15-28(16-14-24)21-3-2-4-21;2-1-3/h5-12,21,24H,2-4,13-19H2,1H3;1H,(H,2,3). The highest BCUT2D eigenvalue weighted by atomic mass is 32.2. The van der Waals surface area contributed by atoms with E-state index in [9.17, 15) is 18.0 Å². The summed E-state index contributed by atoms with van der Waals surface area (Å²) in [6.45, 7) is 2.73. The number of likely N-dealkylation sites (tertiary alicyclic amines) is 1. The molecule has 10 nitrogen and oxygen atoms in total. The van der Waals surface area contributed by atoms with Crippen molar-refractivity contribution >= 4 is 33.8 Å². The molecule has 0 aromatic heterocycles. The van der Waals surface area contributed by atoms with Crippen LogP contribution >= 0.6 is 0 Å². The summed E-state index contributed by atoms with van der Waals surface area (Å²) in [5, 5.41) is 6.89. The normalized spacial score (nSPS) is 19.1. The monoisotopic (exact) mass is 557 g/mol. The van der Waals surface area contributed by atoms with Gasteiger partial charge in [-0.2, -0.15) is 0 Å². The second kappa shape index (κ2) is 12.6. The number of carbonyl (C=O) groups excluding carboxylic acids is 2. The van der Waals surface area contributed by atoms with E-state index in [4.69, 9.17) is 14.6 Å². The second-order valence-electron chi connectivity index (χ2n) is 10.1. The van der Waals surface area contributed by atoms with Gasteiger partial charge in [-0.15, -0.1) is 0 Å². The smallest absolute Gasteiger partial charge is 0.290 e. The molecular formula is C28H35N3O7S. The number of piperidine rings is 1. The van der Waals surface area contributed by atoms with Crippen LogP contribution < -0.4 is 9.64 Å². The summed E-state index contributed by atoms with van der Waals surface area (Å²) in [7, 11) is -3.33. The maximum Gasteiger partial charge on any atom is 0.290 e. The van der Waals surface area contributed by atoms with Crippen molar-refractivity contribution in [2.45, 2.75) is 49.1 Å². The molecule has 2 aliphatic heterocycles. The fraction of sp³-hybridized carbons (Fsp3) is 0.464. The molecule has 2 saturated heterocycles. The molecular weight excluding hydrogens is 522 g/mol. The Morgan fingerprint density at radius 3 is 2.08 bits per heavy atom. The quantitative estimate of drug-likeness (QED) is 0.538. The van der Waals surface area contributed by atoms with Crippen LogP contribution in [0.1, 0.15) is 42.5 Å². The zero-order valence-corrected chi connectivity index (χ0v) is 22.9. The van der Waals surface area contributed by atoms with E-state index in [1.807, 2.05) is 24.3 Å². The van der Waals surface area contributed by atoms with Crippen molar-refractivity contribution in [2.75, 3.05) is 43.9 Å². The highest BCUT2D eigenvalue weighted by Gasteiger charge is 2.30. The van der Waals surface area contributed by atoms with Crippen LogP contribution in [0.3, 0.4) is 0 Å². The molecule has 0 atom stereocenters. The molecule has 1 N–H and O–H groups in total. The molecule has 3 fully saturated rings. The molecule has 0 unspecified atom stereocenters. The van der Waals surface area contributed by atoms with Crippen LogP contribution in [0.15, 0.2) is 53.4 Å². The van der Waals surface area contributed by atoms with Crippen molar-refractivity contribution in [3.63, 3.8) is 0 Å². The third-order valence-electron chi connectivity index (χ3n) is 7.56. The molecule has 1 aliphatic carbocycles. The molecule has 210 valence electrons. The summed E-state index contributed by atoms with van der Waals surface area (Å²) in [5.74, 6) is 0.384. The Morgan fingerprint density at radius 1 is 0.949 bits per heavy atom. The lowest BCUT2D eigenvalue weighted by molar-refractivity contribution is -0.123. The number of ether oxygens (including phenoxy) is 1. The largest absolute Gasteiger partial charge is 0.490 e. The van der Waals surface area contributed by atoms with Gasteiger partial charge in [0, 0.05) is 49.7 Å². The van der Waals surface area contributed by atoms with Gasteiger partial charge >= 0.3 is 0 Å². The van der Waals surface area contributed by atoms with Gasteiger partial charge in [-0.05, 0) is 74.2 Å². The first-order valence-corrected chi connectivity index (χ1v) is 15.1. The second-order valence-corrected chi connectivity index (χ2v) is 12.1. The van der Waals surface area contributed by atoms with Crippen LogP contribution in [-0.4, -0.2) is 92.7 Å². The van der Waals surface area contributed by atoms with Crippen LogP contribution in [0, 0.1) is 0 Å². The Balaban J connectivity index is 0.00000112. The molecule has 2 amide bonds. The summed E-state index contributed by atoms with van der Waals surface area (Å²) in [4.78, 5) is 40.0. The minimum Gasteiger partial charge on any atom is -0.490 e. The van der Waals surface area contributed by atoms with E-state index in [0.29, 0.717) is 18.7 Å². The maximum atomic E-state index is 12.9. The van der Waals surface area contributed by atoms with Crippen molar-refractivity contribution in [1.29, 1.82) is 0 Å². The predicted molar refractivity (Wildman–Crippen MR) is 146 cm³/mol. The van der Waals surface area contributed by atoms with Gasteiger partial charge in [-0.25, -0.2) is 8.42 Å². The molecule has 3 aliphatic rings. The van der Waals surface area contributed by atoms with Crippen LogP contribution in [-0.2, 0) is 19.4 Å².